The van der Waals surface area contributed by atoms with E-state index in [4.69, 9.17) is 0 Å². The Bertz CT molecular complexity index is 510. The van der Waals surface area contributed by atoms with E-state index >= 15 is 0 Å². The van der Waals surface area contributed by atoms with Gasteiger partial charge >= 0.3 is 0 Å². The number of aromatic nitrogens is 1. The van der Waals surface area contributed by atoms with Crippen molar-refractivity contribution >= 4 is 11.6 Å². The summed E-state index contributed by atoms with van der Waals surface area (Å²) >= 11 is 0. The number of nitrogens with zero attached hydrogens (tertiary/aromatic N) is 1. The van der Waals surface area contributed by atoms with Crippen molar-refractivity contribution in [2.45, 2.75) is 6.92 Å². The van der Waals surface area contributed by atoms with Gasteiger partial charge in [-0.05, 0) is 30.2 Å². The molecule has 0 saturated carbocycles. The Balaban J connectivity index is 2.09. The van der Waals surface area contributed by atoms with Crippen LogP contribution in [-0.4, -0.2) is 4.98 Å². The number of hydrogen-bond donors (Lipinski definition) is 0. The summed E-state index contributed by atoms with van der Waals surface area (Å²) in [6.45, 7) is 2.07. The largest absolute Gasteiger partial charge is 0.257 e. The van der Waals surface area contributed by atoms with Crippen LogP contribution in [0.4, 0.5) is 0 Å². The zero-order valence-electron chi connectivity index (χ0n) is 9.88. The van der Waals surface area contributed by atoms with E-state index < -0.39 is 0 Å². The molecule has 0 aliphatic rings. The van der Waals surface area contributed by atoms with Crippen LogP contribution in [0, 0.1) is 0 Å². The fourth-order valence-corrected chi connectivity index (χ4v) is 1.55. The monoisotopic (exact) mass is 221 g/mol. The maximum Gasteiger partial charge on any atom is 0.0658 e. The molecule has 0 fully saturated rings. The Morgan fingerprint density at radius 2 is 1.76 bits per heavy atom. The van der Waals surface area contributed by atoms with E-state index in [0.29, 0.717) is 0 Å². The summed E-state index contributed by atoms with van der Waals surface area (Å²) in [5, 5.41) is 0. The fraction of sp³-hybridized carbons (Fsp3) is 0.0625. The van der Waals surface area contributed by atoms with Gasteiger partial charge in [-0.3, -0.25) is 4.98 Å². The fourth-order valence-electron chi connectivity index (χ4n) is 1.55. The van der Waals surface area contributed by atoms with Crippen molar-refractivity contribution < 1.29 is 0 Å². The summed E-state index contributed by atoms with van der Waals surface area (Å²) in [4.78, 5) is 4.30. The van der Waals surface area contributed by atoms with Gasteiger partial charge in [0.1, 0.15) is 0 Å². The van der Waals surface area contributed by atoms with Crippen molar-refractivity contribution in [1.29, 1.82) is 0 Å². The average Bonchev–Trinajstić information content (AvgIpc) is 2.41. The second kappa shape index (κ2) is 5.80. The van der Waals surface area contributed by atoms with Gasteiger partial charge < -0.3 is 0 Å². The van der Waals surface area contributed by atoms with Crippen molar-refractivity contribution in [3.8, 4) is 0 Å². The zero-order valence-corrected chi connectivity index (χ0v) is 9.88. The third-order valence-corrected chi connectivity index (χ3v) is 2.50. The molecule has 1 aromatic heterocycles. The lowest BCUT2D eigenvalue weighted by Crippen LogP contribution is -1.82. The minimum Gasteiger partial charge on any atom is -0.257 e. The lowest BCUT2D eigenvalue weighted by Gasteiger charge is -1.97. The van der Waals surface area contributed by atoms with Crippen molar-refractivity contribution in [1.82, 2.24) is 4.98 Å². The highest BCUT2D eigenvalue weighted by atomic mass is 14.7. The van der Waals surface area contributed by atoms with Crippen molar-refractivity contribution in [2.24, 2.45) is 0 Å². The Morgan fingerprint density at radius 3 is 2.47 bits per heavy atom. The average molecular weight is 221 g/mol. The molecule has 0 N–H and O–H groups in total. The Hall–Kier alpha value is -2.15. The Kier molecular flexibility index (Phi) is 3.87. The van der Waals surface area contributed by atoms with Gasteiger partial charge in [-0.1, -0.05) is 54.6 Å². The van der Waals surface area contributed by atoms with Gasteiger partial charge in [0, 0.05) is 6.20 Å². The molecule has 0 aliphatic heterocycles. The van der Waals surface area contributed by atoms with Crippen LogP contribution in [0.2, 0.25) is 0 Å². The van der Waals surface area contributed by atoms with Crippen LogP contribution in [0.5, 0.6) is 0 Å². The van der Waals surface area contributed by atoms with E-state index in [2.05, 4.69) is 42.3 Å². The number of pyridine rings is 1. The van der Waals surface area contributed by atoms with Gasteiger partial charge in [0.25, 0.3) is 0 Å². The van der Waals surface area contributed by atoms with Crippen LogP contribution in [0.3, 0.4) is 0 Å². The molecule has 0 atom stereocenters. The maximum atomic E-state index is 4.30. The second-order valence-corrected chi connectivity index (χ2v) is 3.83. The number of allylic oxidation sites excluding steroid dienone is 3. The standard InChI is InChI=1S/C16H15N/c1-14(16-12-5-6-13-17-16)8-7-11-15-9-3-2-4-10-15/h2-13H,1H3. The van der Waals surface area contributed by atoms with Crippen molar-refractivity contribution in [3.63, 3.8) is 0 Å². The molecule has 1 aromatic carbocycles. The molecule has 0 bridgehead atoms. The first-order valence-electron chi connectivity index (χ1n) is 5.68. The molecule has 0 radical (unpaired) electrons. The summed E-state index contributed by atoms with van der Waals surface area (Å²) in [5.41, 5.74) is 3.39. The van der Waals surface area contributed by atoms with Crippen LogP contribution >= 0.6 is 0 Å². The van der Waals surface area contributed by atoms with Crippen LogP contribution in [0.15, 0.2) is 66.9 Å². The minimum atomic E-state index is 1.02. The third kappa shape index (κ3) is 3.42. The van der Waals surface area contributed by atoms with E-state index in [-0.39, 0.29) is 0 Å². The van der Waals surface area contributed by atoms with Gasteiger partial charge in [-0.15, -0.1) is 0 Å². The smallest absolute Gasteiger partial charge is 0.0658 e. The van der Waals surface area contributed by atoms with Gasteiger partial charge in [-0.25, -0.2) is 0 Å². The van der Waals surface area contributed by atoms with Gasteiger partial charge in [-0.2, -0.15) is 0 Å². The van der Waals surface area contributed by atoms with Crippen molar-refractivity contribution in [2.75, 3.05) is 0 Å². The lowest BCUT2D eigenvalue weighted by molar-refractivity contribution is 1.27. The summed E-state index contributed by atoms with van der Waals surface area (Å²) in [6, 6.07) is 16.2. The van der Waals surface area contributed by atoms with Gasteiger partial charge in [0.2, 0.25) is 0 Å². The quantitative estimate of drug-likeness (QED) is 0.708. The molecule has 0 saturated heterocycles. The van der Waals surface area contributed by atoms with Crippen LogP contribution < -0.4 is 0 Å². The second-order valence-electron chi connectivity index (χ2n) is 3.83. The molecule has 1 heteroatoms. The molecule has 0 unspecified atom stereocenters. The molecule has 17 heavy (non-hydrogen) atoms. The molecule has 2 aromatic rings. The van der Waals surface area contributed by atoms with E-state index in [1.807, 2.05) is 42.6 Å². The Labute approximate surface area is 102 Å². The van der Waals surface area contributed by atoms with Gasteiger partial charge in [0.15, 0.2) is 0 Å². The molecule has 0 spiro atoms. The predicted octanol–water partition coefficient (Wildman–Crippen LogP) is 4.20. The molecule has 84 valence electrons. The summed E-state index contributed by atoms with van der Waals surface area (Å²) in [5.74, 6) is 0. The molecular weight excluding hydrogens is 206 g/mol. The minimum absolute atomic E-state index is 1.02. The Morgan fingerprint density at radius 1 is 1.00 bits per heavy atom. The first kappa shape index (κ1) is 11.3. The molecule has 0 amide bonds. The first-order chi connectivity index (χ1) is 8.36. The zero-order chi connectivity index (χ0) is 11.9. The highest BCUT2D eigenvalue weighted by Crippen LogP contribution is 2.10. The summed E-state index contributed by atoms with van der Waals surface area (Å²) < 4.78 is 0. The van der Waals surface area contributed by atoms with Crippen LogP contribution in [-0.2, 0) is 0 Å². The lowest BCUT2D eigenvalue weighted by atomic mass is 10.1. The summed E-state index contributed by atoms with van der Waals surface area (Å²) in [6.07, 6.45) is 8.04. The molecule has 1 nitrogen and oxygen atoms in total. The van der Waals surface area contributed by atoms with E-state index in [1.165, 1.54) is 5.56 Å². The summed E-state index contributed by atoms with van der Waals surface area (Å²) in [7, 11) is 0. The van der Waals surface area contributed by atoms with Crippen molar-refractivity contribution in [3.05, 3.63) is 78.1 Å². The van der Waals surface area contributed by atoms with Crippen LogP contribution in [0.1, 0.15) is 18.2 Å². The highest BCUT2D eigenvalue weighted by molar-refractivity contribution is 5.64. The van der Waals surface area contributed by atoms with Gasteiger partial charge in [0.05, 0.1) is 5.69 Å². The topological polar surface area (TPSA) is 12.9 Å². The normalized spacial score (nSPS) is 11.9. The molecular formula is C16H15N. The number of rotatable bonds is 3. The van der Waals surface area contributed by atoms with E-state index in [9.17, 15) is 0 Å². The first-order valence-corrected chi connectivity index (χ1v) is 5.68. The third-order valence-electron chi connectivity index (χ3n) is 2.50. The number of hydrogen-bond acceptors (Lipinski definition) is 1. The highest BCUT2D eigenvalue weighted by Gasteiger charge is 1.92. The SMILES string of the molecule is CC(=CC=Cc1ccccc1)c1ccccn1. The maximum absolute atomic E-state index is 4.30. The van der Waals surface area contributed by atoms with E-state index in [0.717, 1.165) is 11.3 Å². The molecule has 0 aliphatic carbocycles. The predicted molar refractivity (Wildman–Crippen MR) is 73.4 cm³/mol. The van der Waals surface area contributed by atoms with Crippen LogP contribution in [0.25, 0.3) is 11.6 Å². The van der Waals surface area contributed by atoms with E-state index in [1.54, 1.807) is 0 Å². The molecule has 1 heterocycles. The molecule has 2 rings (SSSR count). The number of benzene rings is 1.